The van der Waals surface area contributed by atoms with Gasteiger partial charge in [-0.1, -0.05) is 18.2 Å². The number of benzene rings is 1. The maximum absolute atomic E-state index is 12.9. The largest absolute Gasteiger partial charge is 0.470 e. The monoisotopic (exact) mass is 351 g/mol. The third-order valence-corrected chi connectivity index (χ3v) is 3.88. The Labute approximate surface area is 142 Å². The van der Waals surface area contributed by atoms with Crippen molar-refractivity contribution < 1.29 is 22.7 Å². The number of carbonyl (C=O) groups is 1. The van der Waals surface area contributed by atoms with Gasteiger partial charge in [0.25, 0.3) is 0 Å². The summed E-state index contributed by atoms with van der Waals surface area (Å²) in [5.74, 6) is -0.459. The summed E-state index contributed by atoms with van der Waals surface area (Å²) in [6.07, 6.45) is -3.81. The number of alkyl halides is 3. The Hall–Kier alpha value is -2.77. The summed E-state index contributed by atoms with van der Waals surface area (Å²) in [6, 6.07) is 9.14. The van der Waals surface area contributed by atoms with Gasteiger partial charge in [0.05, 0.1) is 13.1 Å². The molecule has 0 radical (unpaired) electrons. The first-order valence-corrected chi connectivity index (χ1v) is 7.65. The highest BCUT2D eigenvalue weighted by Crippen LogP contribution is 2.35. The second-order valence-electron chi connectivity index (χ2n) is 5.74. The maximum atomic E-state index is 12.9. The van der Waals surface area contributed by atoms with E-state index in [0.717, 1.165) is 11.6 Å². The fraction of sp³-hybridized carbons (Fsp3) is 0.294. The molecule has 0 unspecified atom stereocenters. The Morgan fingerprint density at radius 2 is 1.96 bits per heavy atom. The number of urea groups is 1. The predicted molar refractivity (Wildman–Crippen MR) is 85.4 cm³/mol. The van der Waals surface area contributed by atoms with Crippen LogP contribution in [-0.2, 0) is 6.18 Å². The van der Waals surface area contributed by atoms with Crippen molar-refractivity contribution in [2.45, 2.75) is 19.2 Å². The van der Waals surface area contributed by atoms with Crippen molar-refractivity contribution >= 4 is 11.7 Å². The number of anilines is 1. The number of likely N-dealkylation sites (tertiary alicyclic amines) is 1. The minimum Gasteiger partial charge on any atom is -0.470 e. The van der Waals surface area contributed by atoms with Crippen LogP contribution in [0.25, 0.3) is 0 Å². The first-order chi connectivity index (χ1) is 11.8. The Bertz CT molecular complexity index is 774. The van der Waals surface area contributed by atoms with Crippen LogP contribution in [0.3, 0.4) is 0 Å². The second-order valence-corrected chi connectivity index (χ2v) is 5.74. The number of nitrogens with zero attached hydrogens (tertiary/aromatic N) is 2. The zero-order valence-electron chi connectivity index (χ0n) is 13.4. The van der Waals surface area contributed by atoms with Crippen molar-refractivity contribution in [2.24, 2.45) is 0 Å². The summed E-state index contributed by atoms with van der Waals surface area (Å²) in [5.41, 5.74) is 0.700. The predicted octanol–water partition coefficient (Wildman–Crippen LogP) is 3.70. The molecule has 1 aromatic heterocycles. The number of nitrogens with one attached hydrogen (secondary N) is 1. The van der Waals surface area contributed by atoms with E-state index >= 15 is 0 Å². The van der Waals surface area contributed by atoms with Crippen molar-refractivity contribution in [3.05, 3.63) is 53.7 Å². The van der Waals surface area contributed by atoms with Crippen LogP contribution in [0.15, 0.2) is 42.6 Å². The molecule has 1 N–H and O–H groups in total. The highest BCUT2D eigenvalue weighted by molar-refractivity contribution is 5.90. The van der Waals surface area contributed by atoms with Gasteiger partial charge in [-0.3, -0.25) is 0 Å². The molecule has 5 nitrogen and oxygen atoms in total. The number of pyridine rings is 1. The molecule has 2 amide bonds. The minimum absolute atomic E-state index is 0.200. The van der Waals surface area contributed by atoms with E-state index in [-0.39, 0.29) is 19.1 Å². The van der Waals surface area contributed by atoms with Gasteiger partial charge in [0.2, 0.25) is 5.88 Å². The van der Waals surface area contributed by atoms with Gasteiger partial charge in [0.1, 0.15) is 11.7 Å². The summed E-state index contributed by atoms with van der Waals surface area (Å²) in [5, 5.41) is 2.77. The fourth-order valence-corrected chi connectivity index (χ4v) is 2.44. The topological polar surface area (TPSA) is 54.5 Å². The molecule has 1 fully saturated rings. The number of rotatable bonds is 3. The van der Waals surface area contributed by atoms with E-state index in [1.807, 2.05) is 25.1 Å². The number of ether oxygens (including phenoxy) is 1. The van der Waals surface area contributed by atoms with E-state index in [9.17, 15) is 18.0 Å². The lowest BCUT2D eigenvalue weighted by Crippen LogP contribution is -2.57. The van der Waals surface area contributed by atoms with Gasteiger partial charge >= 0.3 is 12.2 Å². The SMILES string of the molecule is Cc1ccccc1NC(=O)N1CC(Oc2ncccc2C(F)(F)F)C1. The molecule has 1 aliphatic heterocycles. The van der Waals surface area contributed by atoms with Crippen LogP contribution in [0, 0.1) is 6.92 Å². The van der Waals surface area contributed by atoms with Gasteiger partial charge in [-0.15, -0.1) is 0 Å². The van der Waals surface area contributed by atoms with Gasteiger partial charge < -0.3 is 15.0 Å². The van der Waals surface area contributed by atoms with Gasteiger partial charge in [-0.05, 0) is 30.7 Å². The molecule has 0 bridgehead atoms. The number of carbonyl (C=O) groups excluding carboxylic acids is 1. The van der Waals surface area contributed by atoms with Gasteiger partial charge in [-0.2, -0.15) is 13.2 Å². The second kappa shape index (κ2) is 6.62. The van der Waals surface area contributed by atoms with Crippen LogP contribution in [0.5, 0.6) is 5.88 Å². The first kappa shape index (κ1) is 17.1. The van der Waals surface area contributed by atoms with Crippen molar-refractivity contribution in [3.8, 4) is 5.88 Å². The standard InChI is InChI=1S/C17H16F3N3O2/c1-11-5-2-3-7-14(11)22-16(24)23-9-12(10-23)25-15-13(17(18,19)20)6-4-8-21-15/h2-8,12H,9-10H2,1H3,(H,22,24). The molecule has 25 heavy (non-hydrogen) atoms. The molecule has 132 valence electrons. The van der Waals surface area contributed by atoms with Crippen LogP contribution in [0.1, 0.15) is 11.1 Å². The fourth-order valence-electron chi connectivity index (χ4n) is 2.44. The molecular weight excluding hydrogens is 335 g/mol. The summed E-state index contributed by atoms with van der Waals surface area (Å²) >= 11 is 0. The van der Waals surface area contributed by atoms with Gasteiger partial charge in [-0.25, -0.2) is 9.78 Å². The van der Waals surface area contributed by atoms with Crippen molar-refractivity contribution in [1.82, 2.24) is 9.88 Å². The van der Waals surface area contributed by atoms with E-state index in [0.29, 0.717) is 5.69 Å². The van der Waals surface area contributed by atoms with E-state index in [1.54, 1.807) is 6.07 Å². The number of hydrogen-bond acceptors (Lipinski definition) is 3. The molecule has 0 aliphatic carbocycles. The highest BCUT2D eigenvalue weighted by Gasteiger charge is 2.38. The third kappa shape index (κ3) is 3.84. The Morgan fingerprint density at radius 3 is 2.64 bits per heavy atom. The van der Waals surface area contributed by atoms with Crippen molar-refractivity contribution in [2.75, 3.05) is 18.4 Å². The lowest BCUT2D eigenvalue weighted by Gasteiger charge is -2.38. The molecular formula is C17H16F3N3O2. The van der Waals surface area contributed by atoms with E-state index in [1.165, 1.54) is 17.2 Å². The smallest absolute Gasteiger partial charge is 0.421 e. The quantitative estimate of drug-likeness (QED) is 0.917. The lowest BCUT2D eigenvalue weighted by atomic mass is 10.1. The van der Waals surface area contributed by atoms with E-state index in [2.05, 4.69) is 10.3 Å². The van der Waals surface area contributed by atoms with E-state index < -0.39 is 23.7 Å². The molecule has 3 rings (SSSR count). The Morgan fingerprint density at radius 1 is 1.24 bits per heavy atom. The lowest BCUT2D eigenvalue weighted by molar-refractivity contribution is -0.140. The number of hydrogen-bond donors (Lipinski definition) is 1. The summed E-state index contributed by atoms with van der Waals surface area (Å²) in [7, 11) is 0. The van der Waals surface area contributed by atoms with Crippen LogP contribution in [-0.4, -0.2) is 35.1 Å². The van der Waals surface area contributed by atoms with Crippen molar-refractivity contribution in [3.63, 3.8) is 0 Å². The molecule has 0 saturated carbocycles. The third-order valence-electron chi connectivity index (χ3n) is 3.88. The normalized spacial score (nSPS) is 14.8. The minimum atomic E-state index is -4.53. The molecule has 0 spiro atoms. The number of para-hydroxylation sites is 1. The van der Waals surface area contributed by atoms with E-state index in [4.69, 9.17) is 4.74 Å². The molecule has 1 aromatic carbocycles. The first-order valence-electron chi connectivity index (χ1n) is 7.65. The number of aromatic nitrogens is 1. The van der Waals surface area contributed by atoms with Gasteiger partial charge in [0, 0.05) is 11.9 Å². The Balaban J connectivity index is 1.57. The number of amides is 2. The average Bonchev–Trinajstić information content (AvgIpc) is 2.52. The highest BCUT2D eigenvalue weighted by atomic mass is 19.4. The number of aryl methyl sites for hydroxylation is 1. The summed E-state index contributed by atoms with van der Waals surface area (Å²) in [4.78, 5) is 17.3. The molecule has 1 saturated heterocycles. The van der Waals surface area contributed by atoms with Crippen LogP contribution in [0.2, 0.25) is 0 Å². The zero-order chi connectivity index (χ0) is 18.0. The molecule has 8 heteroatoms. The van der Waals surface area contributed by atoms with Crippen LogP contribution >= 0.6 is 0 Å². The summed E-state index contributed by atoms with van der Waals surface area (Å²) < 4.78 is 44.0. The van der Waals surface area contributed by atoms with Crippen LogP contribution in [0.4, 0.5) is 23.7 Å². The summed E-state index contributed by atoms with van der Waals surface area (Å²) in [6.45, 7) is 2.27. The van der Waals surface area contributed by atoms with Crippen LogP contribution < -0.4 is 10.1 Å². The Kier molecular flexibility index (Phi) is 4.52. The molecule has 2 aromatic rings. The average molecular weight is 351 g/mol. The van der Waals surface area contributed by atoms with Crippen molar-refractivity contribution in [1.29, 1.82) is 0 Å². The maximum Gasteiger partial charge on any atom is 0.421 e. The van der Waals surface area contributed by atoms with Gasteiger partial charge in [0.15, 0.2) is 0 Å². The molecule has 2 heterocycles. The zero-order valence-corrected chi connectivity index (χ0v) is 13.4. The molecule has 0 atom stereocenters. The molecule has 1 aliphatic rings. The number of halogens is 3.